The number of nitrogens with one attached hydrogen (secondary N) is 1. The van der Waals surface area contributed by atoms with Crippen molar-refractivity contribution in [3.05, 3.63) is 66.1 Å². The van der Waals surface area contributed by atoms with E-state index >= 15 is 0 Å². The van der Waals surface area contributed by atoms with Gasteiger partial charge in [-0.1, -0.05) is 32.0 Å². The molecule has 4 aromatic rings. The number of carbonyl (C=O) groups is 2. The molecule has 0 bridgehead atoms. The van der Waals surface area contributed by atoms with Crippen LogP contribution in [0.5, 0.6) is 5.75 Å². The van der Waals surface area contributed by atoms with Crippen molar-refractivity contribution >= 4 is 57.2 Å². The first-order valence-corrected chi connectivity index (χ1v) is 12.5. The number of carbonyl (C=O) groups excluding carboxylic acids is 2. The largest absolute Gasteiger partial charge is 0.491 e. The predicted molar refractivity (Wildman–Crippen MR) is 149 cm³/mol. The van der Waals surface area contributed by atoms with E-state index in [2.05, 4.69) is 42.5 Å². The van der Waals surface area contributed by atoms with E-state index in [1.165, 1.54) is 0 Å². The van der Waals surface area contributed by atoms with E-state index in [-0.39, 0.29) is 18.4 Å². The zero-order valence-corrected chi connectivity index (χ0v) is 22.4. The zero-order valence-electron chi connectivity index (χ0n) is 21.5. The van der Waals surface area contributed by atoms with Crippen LogP contribution in [0.25, 0.3) is 33.0 Å². The van der Waals surface area contributed by atoms with Crippen LogP contribution in [-0.4, -0.2) is 47.5 Å². The van der Waals surface area contributed by atoms with Gasteiger partial charge >= 0.3 is 0 Å². The second-order valence-corrected chi connectivity index (χ2v) is 9.24. The fraction of sp³-hybridized carbons (Fsp3) is 0.310. The van der Waals surface area contributed by atoms with Gasteiger partial charge in [-0.05, 0) is 51.2 Å². The summed E-state index contributed by atoms with van der Waals surface area (Å²) in [5.74, 6) is -0.136. The van der Waals surface area contributed by atoms with Crippen molar-refractivity contribution in [1.82, 2.24) is 14.8 Å². The number of furan rings is 1. The molecule has 2 aromatic carbocycles. The van der Waals surface area contributed by atoms with Crippen molar-refractivity contribution in [2.45, 2.75) is 33.7 Å². The number of rotatable bonds is 9. The Balaban J connectivity index is 0.00000320. The van der Waals surface area contributed by atoms with Crippen LogP contribution >= 0.6 is 12.4 Å². The second-order valence-electron chi connectivity index (χ2n) is 9.24. The van der Waals surface area contributed by atoms with Crippen LogP contribution in [0.15, 0.2) is 59.3 Å². The lowest BCUT2D eigenvalue weighted by Gasteiger charge is -2.18. The third-order valence-corrected chi connectivity index (χ3v) is 6.90. The molecule has 0 saturated carbocycles. The first kappa shape index (κ1) is 26.5. The molecule has 1 aliphatic heterocycles. The molecule has 194 valence electrons. The monoisotopic (exact) mass is 521 g/mol. The Labute approximate surface area is 222 Å². The van der Waals surface area contributed by atoms with Crippen molar-refractivity contribution in [3.8, 4) is 5.75 Å². The minimum atomic E-state index is -0.427. The molecule has 2 amide bonds. The molecule has 0 spiro atoms. The first-order chi connectivity index (χ1) is 17.4. The Bertz CT molecular complexity index is 1490. The van der Waals surface area contributed by atoms with E-state index in [0.29, 0.717) is 34.6 Å². The van der Waals surface area contributed by atoms with Crippen LogP contribution in [0.2, 0.25) is 0 Å². The Morgan fingerprint density at radius 1 is 0.946 bits per heavy atom. The third kappa shape index (κ3) is 4.65. The van der Waals surface area contributed by atoms with Gasteiger partial charge in [0.05, 0.1) is 22.8 Å². The summed E-state index contributed by atoms with van der Waals surface area (Å²) >= 11 is 0. The Kier molecular flexibility index (Phi) is 7.76. The molecule has 0 radical (unpaired) electrons. The van der Waals surface area contributed by atoms with Crippen molar-refractivity contribution in [3.63, 3.8) is 0 Å². The maximum atomic E-state index is 13.1. The average molecular weight is 522 g/mol. The average Bonchev–Trinajstić information content (AvgIpc) is 3.57. The van der Waals surface area contributed by atoms with Gasteiger partial charge in [-0.15, -0.1) is 12.4 Å². The lowest BCUT2D eigenvalue weighted by Crippen LogP contribution is -2.27. The summed E-state index contributed by atoms with van der Waals surface area (Å²) in [4.78, 5) is 28.6. The standard InChI is InChI=1S/C29H31N3O4.ClH/c1-5-31(6-2)14-16-35-24-12-11-21(27-20(24)13-15-36-27)25-26(29(34)30-28(25)33)22-17-32(18(3)4)23-10-8-7-9-19(22)23;/h7-13,15,17-18H,5-6,14,16H2,1-4H3,(H,30,33,34);1H. The van der Waals surface area contributed by atoms with Gasteiger partial charge in [0.1, 0.15) is 17.9 Å². The Morgan fingerprint density at radius 3 is 2.35 bits per heavy atom. The highest BCUT2D eigenvalue weighted by atomic mass is 35.5. The van der Waals surface area contributed by atoms with Gasteiger partial charge in [0.25, 0.3) is 11.8 Å². The molecule has 8 heteroatoms. The van der Waals surface area contributed by atoms with Crippen LogP contribution < -0.4 is 10.1 Å². The molecule has 1 N–H and O–H groups in total. The fourth-order valence-corrected chi connectivity index (χ4v) is 4.98. The van der Waals surface area contributed by atoms with Gasteiger partial charge in [-0.2, -0.15) is 0 Å². The number of imide groups is 1. The third-order valence-electron chi connectivity index (χ3n) is 6.90. The number of nitrogens with zero attached hydrogens (tertiary/aromatic N) is 2. The minimum absolute atomic E-state index is 0. The molecule has 0 aliphatic carbocycles. The Hall–Kier alpha value is -3.55. The van der Waals surface area contributed by atoms with Crippen LogP contribution in [0, 0.1) is 0 Å². The fourth-order valence-electron chi connectivity index (χ4n) is 4.98. The second kappa shape index (κ2) is 10.8. The van der Waals surface area contributed by atoms with Crippen molar-refractivity contribution in [2.75, 3.05) is 26.2 Å². The molecular formula is C29H32ClN3O4. The van der Waals surface area contributed by atoms with Gasteiger partial charge in [0.15, 0.2) is 0 Å². The molecule has 0 atom stereocenters. The van der Waals surface area contributed by atoms with Crippen LogP contribution in [0.4, 0.5) is 0 Å². The smallest absolute Gasteiger partial charge is 0.259 e. The molecule has 0 unspecified atom stereocenters. The highest BCUT2D eigenvalue weighted by molar-refractivity contribution is 6.50. The summed E-state index contributed by atoms with van der Waals surface area (Å²) in [6.45, 7) is 11.7. The number of hydrogen-bond donors (Lipinski definition) is 1. The van der Waals surface area contributed by atoms with E-state index < -0.39 is 11.8 Å². The summed E-state index contributed by atoms with van der Waals surface area (Å²) in [5, 5.41) is 4.21. The molecule has 0 saturated heterocycles. The molecule has 3 heterocycles. The van der Waals surface area contributed by atoms with E-state index in [1.54, 1.807) is 6.26 Å². The van der Waals surface area contributed by atoms with Gasteiger partial charge in [0.2, 0.25) is 0 Å². The number of hydrogen-bond acceptors (Lipinski definition) is 5. The molecular weight excluding hydrogens is 490 g/mol. The maximum Gasteiger partial charge on any atom is 0.259 e. The highest BCUT2D eigenvalue weighted by Gasteiger charge is 2.35. The van der Waals surface area contributed by atoms with Gasteiger partial charge in [-0.3, -0.25) is 14.9 Å². The number of para-hydroxylation sites is 1. The van der Waals surface area contributed by atoms with Gasteiger partial charge < -0.3 is 18.6 Å². The summed E-state index contributed by atoms with van der Waals surface area (Å²) in [6, 6.07) is 13.6. The lowest BCUT2D eigenvalue weighted by atomic mass is 9.95. The number of ether oxygens (including phenoxy) is 1. The first-order valence-electron chi connectivity index (χ1n) is 12.5. The topological polar surface area (TPSA) is 76.7 Å². The lowest BCUT2D eigenvalue weighted by molar-refractivity contribution is -0.122. The summed E-state index contributed by atoms with van der Waals surface area (Å²) in [5.41, 5.74) is 3.54. The van der Waals surface area contributed by atoms with Crippen molar-refractivity contribution in [2.24, 2.45) is 0 Å². The predicted octanol–water partition coefficient (Wildman–Crippen LogP) is 5.68. The highest BCUT2D eigenvalue weighted by Crippen LogP contribution is 2.40. The van der Waals surface area contributed by atoms with E-state index in [1.807, 2.05) is 48.7 Å². The quantitative estimate of drug-likeness (QED) is 0.287. The number of fused-ring (bicyclic) bond motifs is 2. The summed E-state index contributed by atoms with van der Waals surface area (Å²) in [6.07, 6.45) is 3.55. The van der Waals surface area contributed by atoms with Crippen LogP contribution in [0.3, 0.4) is 0 Å². The van der Waals surface area contributed by atoms with Crippen molar-refractivity contribution in [1.29, 1.82) is 0 Å². The van der Waals surface area contributed by atoms with Gasteiger partial charge in [0, 0.05) is 40.8 Å². The molecule has 37 heavy (non-hydrogen) atoms. The molecule has 2 aromatic heterocycles. The molecule has 0 fully saturated rings. The van der Waals surface area contributed by atoms with Crippen LogP contribution in [-0.2, 0) is 9.59 Å². The minimum Gasteiger partial charge on any atom is -0.491 e. The summed E-state index contributed by atoms with van der Waals surface area (Å²) in [7, 11) is 0. The Morgan fingerprint density at radius 2 is 1.65 bits per heavy atom. The number of likely N-dealkylation sites (N-methyl/N-ethyl adjacent to an activating group) is 1. The zero-order chi connectivity index (χ0) is 25.4. The number of halogens is 1. The van der Waals surface area contributed by atoms with Crippen LogP contribution in [0.1, 0.15) is 44.9 Å². The van der Waals surface area contributed by atoms with E-state index in [9.17, 15) is 9.59 Å². The van der Waals surface area contributed by atoms with Crippen molar-refractivity contribution < 1.29 is 18.7 Å². The summed E-state index contributed by atoms with van der Waals surface area (Å²) < 4.78 is 14.1. The van der Waals surface area contributed by atoms with E-state index in [4.69, 9.17) is 9.15 Å². The van der Waals surface area contributed by atoms with E-state index in [0.717, 1.165) is 41.5 Å². The molecule has 5 rings (SSSR count). The molecule has 1 aliphatic rings. The normalized spacial score (nSPS) is 13.8. The maximum absolute atomic E-state index is 13.1. The molecule has 7 nitrogen and oxygen atoms in total. The number of aromatic nitrogens is 1. The SMILES string of the molecule is CCN(CC)CCOc1ccc(C2=C(c3cn(C(C)C)c4ccccc34)C(=O)NC2=O)c2occc12.Cl. The number of benzene rings is 2. The van der Waals surface area contributed by atoms with Gasteiger partial charge in [-0.25, -0.2) is 0 Å². The number of amides is 2.